The van der Waals surface area contributed by atoms with E-state index in [0.29, 0.717) is 22.0 Å². The third kappa shape index (κ3) is 7.00. The van der Waals surface area contributed by atoms with E-state index in [1.807, 2.05) is 37.5 Å². The molecule has 3 N–H and O–H groups in total. The van der Waals surface area contributed by atoms with Crippen LogP contribution in [0.25, 0.3) is 11.0 Å². The van der Waals surface area contributed by atoms with E-state index in [2.05, 4.69) is 53.4 Å². The molecule has 0 bridgehead atoms. The van der Waals surface area contributed by atoms with Crippen molar-refractivity contribution in [3.05, 3.63) is 69.3 Å². The van der Waals surface area contributed by atoms with Gasteiger partial charge in [0.05, 0.1) is 11.1 Å². The van der Waals surface area contributed by atoms with Gasteiger partial charge in [-0.3, -0.25) is 4.79 Å². The maximum atomic E-state index is 11.3. The number of nitrogens with one attached hydrogen (secondary N) is 1. The molecule has 0 atom stereocenters. The molecule has 0 radical (unpaired) electrons. The molecule has 0 aliphatic heterocycles. The number of carbonyl (C=O) groups is 3. The van der Waals surface area contributed by atoms with E-state index in [1.54, 1.807) is 11.4 Å². The number of anilines is 2. The highest BCUT2D eigenvalue weighted by molar-refractivity contribution is 7.12. The Morgan fingerprint density at radius 1 is 1.03 bits per heavy atom. The van der Waals surface area contributed by atoms with Crippen LogP contribution in [0.2, 0.25) is 5.28 Å². The summed E-state index contributed by atoms with van der Waals surface area (Å²) in [6, 6.07) is 12.1. The van der Waals surface area contributed by atoms with Crippen molar-refractivity contribution in [3.8, 4) is 0 Å². The van der Waals surface area contributed by atoms with Crippen LogP contribution in [0.5, 0.6) is 0 Å². The van der Waals surface area contributed by atoms with Gasteiger partial charge >= 0.3 is 0 Å². The average molecular weight is 474 g/mol. The zero-order chi connectivity index (χ0) is 24.3. The minimum absolute atomic E-state index is 0.137. The van der Waals surface area contributed by atoms with Gasteiger partial charge in [-0.15, -0.1) is 11.3 Å². The molecule has 4 aromatic rings. The summed E-state index contributed by atoms with van der Waals surface area (Å²) in [5.74, 6) is 0.0634. The molecule has 0 aliphatic rings. The Bertz CT molecular complexity index is 1140. The highest BCUT2D eigenvalue weighted by atomic mass is 35.5. The molecule has 0 saturated carbocycles. The fraction of sp³-hybridized carbons (Fsp3) is 0.136. The van der Waals surface area contributed by atoms with E-state index in [1.165, 1.54) is 22.5 Å². The molecule has 0 aliphatic carbocycles. The van der Waals surface area contributed by atoms with Crippen molar-refractivity contribution in [2.45, 2.75) is 13.8 Å². The lowest BCUT2D eigenvalue weighted by Gasteiger charge is -2.07. The molecule has 8 nitrogen and oxygen atoms in total. The summed E-state index contributed by atoms with van der Waals surface area (Å²) in [4.78, 5) is 36.1. The van der Waals surface area contributed by atoms with Crippen molar-refractivity contribution in [1.29, 1.82) is 0 Å². The van der Waals surface area contributed by atoms with Gasteiger partial charge in [-0.1, -0.05) is 35.4 Å². The summed E-state index contributed by atoms with van der Waals surface area (Å²) in [5, 5.41) is 5.83. The number of hydrogen-bond donors (Lipinski definition) is 2. The second kappa shape index (κ2) is 13.0. The second-order valence-electron chi connectivity index (χ2n) is 6.31. The number of rotatable bonds is 3. The highest BCUT2D eigenvalue weighted by Crippen LogP contribution is 2.29. The number of thiophene rings is 1. The molecule has 168 valence electrons. The summed E-state index contributed by atoms with van der Waals surface area (Å²) in [7, 11) is 1.87. The summed E-state index contributed by atoms with van der Waals surface area (Å²) in [6.07, 6.45) is 1.86. The third-order valence-corrected chi connectivity index (χ3v) is 5.16. The Labute approximate surface area is 195 Å². The molecular weight excluding hydrogens is 450 g/mol. The summed E-state index contributed by atoms with van der Waals surface area (Å²) in [6.45, 7) is 8.19. The molecule has 1 aromatic carbocycles. The lowest BCUT2D eigenvalue weighted by molar-refractivity contribution is -0.0987. The maximum absolute atomic E-state index is 11.3. The number of aromatic nitrogens is 3. The quantitative estimate of drug-likeness (QED) is 0.424. The number of hydrogen-bond acceptors (Lipinski definition) is 7. The Morgan fingerprint density at radius 2 is 1.59 bits per heavy atom. The number of nitrogens with zero attached hydrogens (tertiary/aromatic N) is 3. The normalized spacial score (nSPS) is 9.38. The largest absolute Gasteiger partial charge is 0.365 e. The first-order chi connectivity index (χ1) is 15.3. The van der Waals surface area contributed by atoms with Gasteiger partial charge in [0.2, 0.25) is 5.28 Å². The summed E-state index contributed by atoms with van der Waals surface area (Å²) < 4.78 is 1.84. The topological polar surface area (TPSA) is 120 Å². The Kier molecular flexibility index (Phi) is 10.7. The van der Waals surface area contributed by atoms with Crippen molar-refractivity contribution >= 4 is 65.0 Å². The van der Waals surface area contributed by atoms with E-state index in [9.17, 15) is 4.79 Å². The lowest BCUT2D eigenvalue weighted by atomic mass is 10.2. The minimum atomic E-state index is -0.480. The Morgan fingerprint density at radius 3 is 2.12 bits per heavy atom. The number of primary amides is 1. The van der Waals surface area contributed by atoms with Crippen LogP contribution in [0.15, 0.2) is 48.0 Å². The summed E-state index contributed by atoms with van der Waals surface area (Å²) >= 11 is 7.20. The fourth-order valence-corrected chi connectivity index (χ4v) is 3.44. The molecule has 3 heterocycles. The van der Waals surface area contributed by atoms with Crippen LogP contribution < -0.4 is 11.1 Å². The van der Waals surface area contributed by atoms with Crippen molar-refractivity contribution < 1.29 is 14.4 Å². The van der Waals surface area contributed by atoms with Crippen LogP contribution in [-0.2, 0) is 16.6 Å². The molecule has 4 rings (SSSR count). The van der Waals surface area contributed by atoms with E-state index >= 15 is 0 Å². The number of carbonyl (C=O) groups excluding carboxylic acids is 3. The zero-order valence-electron chi connectivity index (χ0n) is 18.0. The predicted octanol–water partition coefficient (Wildman–Crippen LogP) is 4.46. The van der Waals surface area contributed by atoms with Crippen LogP contribution in [-0.4, -0.2) is 34.0 Å². The molecule has 10 heteroatoms. The van der Waals surface area contributed by atoms with E-state index in [4.69, 9.17) is 26.9 Å². The van der Waals surface area contributed by atoms with Crippen molar-refractivity contribution in [3.63, 3.8) is 0 Å². The van der Waals surface area contributed by atoms with Crippen LogP contribution in [0.3, 0.4) is 0 Å². The predicted molar refractivity (Wildman–Crippen MR) is 130 cm³/mol. The Balaban J connectivity index is 0.000000357. The van der Waals surface area contributed by atoms with Crippen LogP contribution in [0, 0.1) is 13.8 Å². The first-order valence-corrected chi connectivity index (χ1v) is 10.3. The number of amides is 1. The van der Waals surface area contributed by atoms with Crippen molar-refractivity contribution in [1.82, 2.24) is 14.5 Å². The monoisotopic (exact) mass is 473 g/mol. The first kappa shape index (κ1) is 26.5. The fourth-order valence-electron chi connectivity index (χ4n) is 2.57. The van der Waals surface area contributed by atoms with E-state index in [-0.39, 0.29) is 5.28 Å². The van der Waals surface area contributed by atoms with Gasteiger partial charge in [0.15, 0.2) is 0 Å². The lowest BCUT2D eigenvalue weighted by Crippen LogP contribution is -2.11. The van der Waals surface area contributed by atoms with Gasteiger partial charge in [-0.05, 0) is 43.0 Å². The van der Waals surface area contributed by atoms with E-state index in [0.717, 1.165) is 5.39 Å². The Hall–Kier alpha value is -3.56. The van der Waals surface area contributed by atoms with Crippen LogP contribution in [0.1, 0.15) is 20.8 Å². The molecule has 0 saturated heterocycles. The van der Waals surface area contributed by atoms with Crippen LogP contribution >= 0.6 is 22.9 Å². The average Bonchev–Trinajstić information content (AvgIpc) is 3.41. The van der Waals surface area contributed by atoms with Crippen LogP contribution in [0.4, 0.5) is 11.5 Å². The summed E-state index contributed by atoms with van der Waals surface area (Å²) in [5.41, 5.74) is 9.31. The van der Waals surface area contributed by atoms with Gasteiger partial charge in [0, 0.05) is 13.2 Å². The van der Waals surface area contributed by atoms with Crippen molar-refractivity contribution in [2.75, 3.05) is 5.32 Å². The van der Waals surface area contributed by atoms with Gasteiger partial charge in [-0.2, -0.15) is 9.97 Å². The number of halogens is 1. The van der Waals surface area contributed by atoms with Gasteiger partial charge in [-0.25, -0.2) is 0 Å². The zero-order valence-corrected chi connectivity index (χ0v) is 19.5. The SMILES string of the molecule is C=O.C=O.Cc1ccc(C)cc1.Cn1ccc2c(Nc3ccsc3C(N)=O)nc(Cl)nc21. The highest BCUT2D eigenvalue weighted by Gasteiger charge is 2.14. The second-order valence-corrected chi connectivity index (χ2v) is 7.57. The number of aryl methyl sites for hydroxylation is 3. The van der Waals surface area contributed by atoms with Crippen molar-refractivity contribution in [2.24, 2.45) is 12.8 Å². The molecule has 0 spiro atoms. The van der Waals surface area contributed by atoms with Gasteiger partial charge < -0.3 is 25.2 Å². The third-order valence-electron chi connectivity index (χ3n) is 4.06. The number of fused-ring (bicyclic) bond motifs is 1. The standard InChI is InChI=1S/C12H10ClN5OS.C8H10.2CH2O/c1-18-4-2-6-10(16-12(13)17-11(6)18)15-7-3-5-20-8(7)9(14)19;1-7-3-5-8(2)6-4-7;2*1-2/h2-5H,1H3,(H2,14,19)(H,15,16,17);3-6H,1-2H3;2*1H2. The smallest absolute Gasteiger partial charge is 0.260 e. The van der Waals surface area contributed by atoms with Gasteiger partial charge in [0.25, 0.3) is 5.91 Å². The van der Waals surface area contributed by atoms with E-state index < -0.39 is 5.91 Å². The van der Waals surface area contributed by atoms with Gasteiger partial charge in [0.1, 0.15) is 29.9 Å². The first-order valence-electron chi connectivity index (χ1n) is 9.09. The molecule has 32 heavy (non-hydrogen) atoms. The maximum Gasteiger partial charge on any atom is 0.260 e. The molecular formula is C22H24ClN5O3S. The molecule has 1 amide bonds. The molecule has 0 unspecified atom stereocenters. The minimum Gasteiger partial charge on any atom is -0.365 e. The molecule has 0 fully saturated rings. The molecule has 3 aromatic heterocycles. The number of benzene rings is 1. The number of nitrogens with two attached hydrogens (primary N) is 1.